The Morgan fingerprint density at radius 2 is 1.76 bits per heavy atom. The number of sulfonamides is 1. The third-order valence-corrected chi connectivity index (χ3v) is 4.05. The average molecular weight is 309 g/mol. The van der Waals surface area contributed by atoms with E-state index in [1.807, 2.05) is 0 Å². The maximum absolute atomic E-state index is 12.8. The first-order chi connectivity index (χ1) is 9.79. The average Bonchev–Trinajstić information content (AvgIpc) is 2.41. The molecule has 0 fully saturated rings. The molecule has 0 radical (unpaired) electrons. The molecule has 2 rings (SSSR count). The maximum Gasteiger partial charge on any atom is 0.271 e. The summed E-state index contributed by atoms with van der Waals surface area (Å²) in [6.07, 6.45) is 0. The van der Waals surface area contributed by atoms with Crippen molar-refractivity contribution in [2.75, 3.05) is 0 Å². The second-order valence-electron chi connectivity index (χ2n) is 4.25. The van der Waals surface area contributed by atoms with Crippen molar-refractivity contribution in [3.63, 3.8) is 0 Å². The predicted octanol–water partition coefficient (Wildman–Crippen LogP) is 3.44. The van der Waals surface area contributed by atoms with Crippen molar-refractivity contribution in [1.29, 1.82) is 0 Å². The van der Waals surface area contributed by atoms with Crippen molar-refractivity contribution in [2.24, 2.45) is 0 Å². The molecule has 2 aromatic rings. The molecule has 0 aliphatic rings. The zero-order valence-corrected chi connectivity index (χ0v) is 11.7. The van der Waals surface area contributed by atoms with E-state index in [0.29, 0.717) is 5.56 Å². The van der Waals surface area contributed by atoms with Crippen LogP contribution in [-0.2, 0) is 10.0 Å². The van der Waals surface area contributed by atoms with E-state index >= 15 is 0 Å². The van der Waals surface area contributed by atoms with Gasteiger partial charge in [-0.25, -0.2) is 12.8 Å². The second kappa shape index (κ2) is 5.49. The van der Waals surface area contributed by atoms with Crippen LogP contribution in [0.5, 0.6) is 0 Å². The van der Waals surface area contributed by atoms with Crippen molar-refractivity contribution >= 4 is 21.4 Å². The lowest BCUT2D eigenvalue weighted by molar-refractivity contribution is -0.385. The fraction of sp³-hybridized carbons (Fsp3) is 0.0769. The van der Waals surface area contributed by atoms with Crippen molar-refractivity contribution in [3.05, 3.63) is 68.7 Å². The molecule has 0 N–H and O–H groups in total. The van der Waals surface area contributed by atoms with Gasteiger partial charge in [0.1, 0.15) is 15.8 Å². The van der Waals surface area contributed by atoms with Gasteiger partial charge in [0.25, 0.3) is 5.69 Å². The van der Waals surface area contributed by atoms with Gasteiger partial charge in [-0.3, -0.25) is 10.1 Å². The van der Waals surface area contributed by atoms with E-state index in [-0.39, 0.29) is 16.3 Å². The minimum Gasteiger partial charge on any atom is -0.573 e. The van der Waals surface area contributed by atoms with E-state index in [2.05, 4.69) is 4.72 Å². The smallest absolute Gasteiger partial charge is 0.271 e. The van der Waals surface area contributed by atoms with Gasteiger partial charge in [0, 0.05) is 11.6 Å². The SMILES string of the molecule is Cc1ccc([N-]S(=O)(=O)c2ccc(F)cc2)cc1[N+](=O)[O-]. The van der Waals surface area contributed by atoms with E-state index in [4.69, 9.17) is 0 Å². The van der Waals surface area contributed by atoms with Gasteiger partial charge >= 0.3 is 0 Å². The lowest BCUT2D eigenvalue weighted by Crippen LogP contribution is -1.98. The van der Waals surface area contributed by atoms with E-state index < -0.39 is 20.8 Å². The number of hydrogen-bond donors (Lipinski definition) is 0. The van der Waals surface area contributed by atoms with Crippen LogP contribution in [0.15, 0.2) is 47.4 Å². The van der Waals surface area contributed by atoms with Gasteiger partial charge in [-0.1, -0.05) is 12.1 Å². The highest BCUT2D eigenvalue weighted by atomic mass is 32.2. The Labute approximate surface area is 120 Å². The summed E-state index contributed by atoms with van der Waals surface area (Å²) in [5, 5.41) is 10.8. The van der Waals surface area contributed by atoms with Crippen molar-refractivity contribution in [2.45, 2.75) is 11.8 Å². The maximum atomic E-state index is 12.8. The van der Waals surface area contributed by atoms with E-state index in [9.17, 15) is 22.9 Å². The van der Waals surface area contributed by atoms with Crippen molar-refractivity contribution in [1.82, 2.24) is 0 Å². The molecule has 6 nitrogen and oxygen atoms in total. The van der Waals surface area contributed by atoms with Gasteiger partial charge in [-0.05, 0) is 31.2 Å². The monoisotopic (exact) mass is 309 g/mol. The number of hydrogen-bond acceptors (Lipinski definition) is 4. The quantitative estimate of drug-likeness (QED) is 0.639. The van der Waals surface area contributed by atoms with Gasteiger partial charge in [-0.15, -0.1) is 5.69 Å². The largest absolute Gasteiger partial charge is 0.573 e. The van der Waals surface area contributed by atoms with Crippen LogP contribution in [0.4, 0.5) is 15.8 Å². The molecule has 0 aliphatic heterocycles. The summed E-state index contributed by atoms with van der Waals surface area (Å²) in [4.78, 5) is 10.0. The first-order valence-electron chi connectivity index (χ1n) is 5.78. The standard InChI is InChI=1S/C13H10FN2O4S/c1-9-2-5-11(8-13(9)16(17)18)15-21(19,20)12-6-3-10(14)4-7-12/h2-8H,1H3/q-1. The summed E-state index contributed by atoms with van der Waals surface area (Å²) in [7, 11) is -4.05. The molecular formula is C13H10FN2O4S-. The molecule has 2 aromatic carbocycles. The molecule has 0 bridgehead atoms. The first-order valence-corrected chi connectivity index (χ1v) is 7.22. The molecule has 21 heavy (non-hydrogen) atoms. The lowest BCUT2D eigenvalue weighted by Gasteiger charge is -2.21. The van der Waals surface area contributed by atoms with Gasteiger partial charge < -0.3 is 4.72 Å². The van der Waals surface area contributed by atoms with Gasteiger partial charge in [-0.2, -0.15) is 0 Å². The number of benzene rings is 2. The minimum atomic E-state index is -4.05. The van der Waals surface area contributed by atoms with Crippen molar-refractivity contribution < 1.29 is 17.7 Å². The lowest BCUT2D eigenvalue weighted by atomic mass is 10.2. The summed E-state index contributed by atoms with van der Waals surface area (Å²) in [6, 6.07) is 8.02. The van der Waals surface area contributed by atoms with Crippen LogP contribution in [0.25, 0.3) is 4.72 Å². The summed E-state index contributed by atoms with van der Waals surface area (Å²) in [5.41, 5.74) is 0.125. The Morgan fingerprint density at radius 3 is 2.33 bits per heavy atom. The van der Waals surface area contributed by atoms with Crippen LogP contribution in [0.1, 0.15) is 5.56 Å². The van der Waals surface area contributed by atoms with Crippen LogP contribution in [0, 0.1) is 22.9 Å². The fourth-order valence-electron chi connectivity index (χ4n) is 1.65. The summed E-state index contributed by atoms with van der Waals surface area (Å²) >= 11 is 0. The highest BCUT2D eigenvalue weighted by Gasteiger charge is 2.10. The number of aryl methyl sites for hydroxylation is 1. The molecule has 0 aliphatic carbocycles. The van der Waals surface area contributed by atoms with Crippen LogP contribution >= 0.6 is 0 Å². The molecule has 0 saturated carbocycles. The normalized spacial score (nSPS) is 11.1. The highest BCUT2D eigenvalue weighted by Crippen LogP contribution is 2.32. The predicted molar refractivity (Wildman–Crippen MR) is 74.4 cm³/mol. The van der Waals surface area contributed by atoms with E-state index in [0.717, 1.165) is 30.3 Å². The van der Waals surface area contributed by atoms with E-state index in [1.54, 1.807) is 0 Å². The summed E-state index contributed by atoms with van der Waals surface area (Å²) < 4.78 is 40.3. The first kappa shape index (κ1) is 14.9. The molecule has 0 atom stereocenters. The zero-order valence-electron chi connectivity index (χ0n) is 10.9. The number of halogens is 1. The zero-order chi connectivity index (χ0) is 15.6. The Balaban J connectivity index is 2.35. The van der Waals surface area contributed by atoms with Crippen LogP contribution in [0.2, 0.25) is 0 Å². The third-order valence-electron chi connectivity index (χ3n) is 2.73. The molecule has 0 amide bonds. The Morgan fingerprint density at radius 1 is 1.14 bits per heavy atom. The topological polar surface area (TPSA) is 91.4 Å². The number of nitro groups is 1. The Hall–Kier alpha value is -2.48. The van der Waals surface area contributed by atoms with Gasteiger partial charge in [0.05, 0.1) is 9.82 Å². The van der Waals surface area contributed by atoms with E-state index in [1.165, 1.54) is 19.1 Å². The van der Waals surface area contributed by atoms with Crippen LogP contribution < -0.4 is 0 Å². The Bertz CT molecular complexity index is 788. The van der Waals surface area contributed by atoms with Gasteiger partial charge in [0.2, 0.25) is 0 Å². The molecule has 0 saturated heterocycles. The fourth-order valence-corrected chi connectivity index (χ4v) is 2.63. The van der Waals surface area contributed by atoms with Crippen LogP contribution in [0.3, 0.4) is 0 Å². The summed E-state index contributed by atoms with van der Waals surface area (Å²) in [6.45, 7) is 1.54. The Kier molecular flexibility index (Phi) is 3.90. The van der Waals surface area contributed by atoms with Crippen LogP contribution in [-0.4, -0.2) is 13.3 Å². The third kappa shape index (κ3) is 3.34. The molecule has 0 aromatic heterocycles. The number of nitrogens with zero attached hydrogens (tertiary/aromatic N) is 2. The molecule has 110 valence electrons. The number of nitro benzene ring substituents is 1. The molecule has 0 heterocycles. The van der Waals surface area contributed by atoms with Gasteiger partial charge in [0.15, 0.2) is 0 Å². The highest BCUT2D eigenvalue weighted by molar-refractivity contribution is 7.94. The minimum absolute atomic E-state index is 0.0587. The summed E-state index contributed by atoms with van der Waals surface area (Å²) in [5.74, 6) is -0.570. The molecular weight excluding hydrogens is 299 g/mol. The molecule has 8 heteroatoms. The molecule has 0 unspecified atom stereocenters. The second-order valence-corrected chi connectivity index (χ2v) is 5.85. The number of rotatable bonds is 4. The molecule has 0 spiro atoms. The van der Waals surface area contributed by atoms with Crippen molar-refractivity contribution in [3.8, 4) is 0 Å².